The minimum atomic E-state index is -0.946. The lowest BCUT2D eigenvalue weighted by molar-refractivity contribution is -0.142. The van der Waals surface area contributed by atoms with Gasteiger partial charge in [-0.1, -0.05) is 64.0 Å². The number of amides is 1. The molecule has 0 spiro atoms. The molecule has 0 aliphatic rings. The van der Waals surface area contributed by atoms with Gasteiger partial charge in [-0.25, -0.2) is 0 Å². The highest BCUT2D eigenvalue weighted by Crippen LogP contribution is 2.11. The Balaban J connectivity index is 3.78. The molecule has 0 aromatic carbocycles. The molecular weight excluding hydrogens is 310 g/mol. The van der Waals surface area contributed by atoms with Crippen LogP contribution >= 0.6 is 12.6 Å². The highest BCUT2D eigenvalue weighted by atomic mass is 32.1. The molecular formula is C18H33NO3S. The number of allylic oxidation sites excluding steroid dienone is 1. The molecule has 0 bridgehead atoms. The number of carboxylic acids is 1. The number of nitrogens with one attached hydrogen (secondary N) is 1. The Morgan fingerprint density at radius 3 is 2.26 bits per heavy atom. The molecule has 0 radical (unpaired) electrons. The summed E-state index contributed by atoms with van der Waals surface area (Å²) in [5.41, 5.74) is 0. The largest absolute Gasteiger partial charge is 0.481 e. The molecule has 134 valence electrons. The molecule has 0 rings (SSSR count). The average Bonchev–Trinajstić information content (AvgIpc) is 2.53. The predicted octanol–water partition coefficient (Wildman–Crippen LogP) is 4.21. The van der Waals surface area contributed by atoms with Crippen molar-refractivity contribution < 1.29 is 14.7 Å². The van der Waals surface area contributed by atoms with Crippen molar-refractivity contribution in [2.75, 3.05) is 12.3 Å². The van der Waals surface area contributed by atoms with Crippen molar-refractivity contribution in [3.8, 4) is 0 Å². The van der Waals surface area contributed by atoms with E-state index in [4.69, 9.17) is 5.11 Å². The van der Waals surface area contributed by atoms with Gasteiger partial charge < -0.3 is 10.4 Å². The Bertz CT molecular complexity index is 345. The maximum Gasteiger partial charge on any atom is 0.310 e. The van der Waals surface area contributed by atoms with Crippen LogP contribution in [0.15, 0.2) is 12.2 Å². The van der Waals surface area contributed by atoms with Crippen LogP contribution in [0.3, 0.4) is 0 Å². The van der Waals surface area contributed by atoms with E-state index >= 15 is 0 Å². The molecule has 0 aliphatic heterocycles. The SMILES string of the molecule is CCCCCCCCCCC=CC(CC(=O)NCCS)C(=O)O. The van der Waals surface area contributed by atoms with Gasteiger partial charge in [0.25, 0.3) is 0 Å². The molecule has 1 atom stereocenters. The third-order valence-corrected chi connectivity index (χ3v) is 3.97. The summed E-state index contributed by atoms with van der Waals surface area (Å²) in [5.74, 6) is -1.36. The summed E-state index contributed by atoms with van der Waals surface area (Å²) in [6.45, 7) is 2.69. The number of unbranched alkanes of at least 4 members (excludes halogenated alkanes) is 8. The Kier molecular flexibility index (Phi) is 15.2. The van der Waals surface area contributed by atoms with Gasteiger partial charge in [0.1, 0.15) is 0 Å². The molecule has 0 saturated carbocycles. The van der Waals surface area contributed by atoms with E-state index in [-0.39, 0.29) is 12.3 Å². The highest BCUT2D eigenvalue weighted by molar-refractivity contribution is 7.80. The molecule has 0 aliphatic carbocycles. The molecule has 4 nitrogen and oxygen atoms in total. The molecule has 23 heavy (non-hydrogen) atoms. The first-order valence-electron chi connectivity index (χ1n) is 8.88. The quantitative estimate of drug-likeness (QED) is 0.237. The van der Waals surface area contributed by atoms with Gasteiger partial charge in [0.2, 0.25) is 5.91 Å². The van der Waals surface area contributed by atoms with Gasteiger partial charge in [-0.3, -0.25) is 9.59 Å². The van der Waals surface area contributed by atoms with Gasteiger partial charge in [0, 0.05) is 18.7 Å². The van der Waals surface area contributed by atoms with Gasteiger partial charge in [0.05, 0.1) is 5.92 Å². The first-order chi connectivity index (χ1) is 11.1. The van der Waals surface area contributed by atoms with Crippen molar-refractivity contribution in [3.05, 3.63) is 12.2 Å². The molecule has 0 fully saturated rings. The predicted molar refractivity (Wildman–Crippen MR) is 99.0 cm³/mol. The van der Waals surface area contributed by atoms with Crippen LogP contribution in [-0.2, 0) is 9.59 Å². The Morgan fingerprint density at radius 2 is 1.70 bits per heavy atom. The van der Waals surface area contributed by atoms with Crippen molar-refractivity contribution in [3.63, 3.8) is 0 Å². The third kappa shape index (κ3) is 14.4. The van der Waals surface area contributed by atoms with E-state index in [0.29, 0.717) is 12.3 Å². The van der Waals surface area contributed by atoms with Crippen LogP contribution in [-0.4, -0.2) is 29.3 Å². The second kappa shape index (κ2) is 15.9. The lowest BCUT2D eigenvalue weighted by Gasteiger charge is -2.08. The zero-order valence-corrected chi connectivity index (χ0v) is 15.3. The summed E-state index contributed by atoms with van der Waals surface area (Å²) in [6.07, 6.45) is 14.6. The van der Waals surface area contributed by atoms with E-state index in [2.05, 4.69) is 24.9 Å². The topological polar surface area (TPSA) is 66.4 Å². The molecule has 1 unspecified atom stereocenters. The summed E-state index contributed by atoms with van der Waals surface area (Å²) in [7, 11) is 0. The van der Waals surface area contributed by atoms with Crippen LogP contribution in [0.4, 0.5) is 0 Å². The lowest BCUT2D eigenvalue weighted by Crippen LogP contribution is -2.29. The fraction of sp³-hybridized carbons (Fsp3) is 0.778. The summed E-state index contributed by atoms with van der Waals surface area (Å²) < 4.78 is 0. The zero-order chi connectivity index (χ0) is 17.3. The van der Waals surface area contributed by atoms with E-state index in [0.717, 1.165) is 12.8 Å². The maximum absolute atomic E-state index is 11.6. The van der Waals surface area contributed by atoms with E-state index in [1.54, 1.807) is 6.08 Å². The Morgan fingerprint density at radius 1 is 1.09 bits per heavy atom. The maximum atomic E-state index is 11.6. The fourth-order valence-corrected chi connectivity index (χ4v) is 2.47. The third-order valence-electron chi connectivity index (χ3n) is 3.75. The molecule has 0 saturated heterocycles. The Hall–Kier alpha value is -0.970. The minimum absolute atomic E-state index is 0.00294. The number of carbonyl (C=O) groups is 2. The monoisotopic (exact) mass is 343 g/mol. The first-order valence-corrected chi connectivity index (χ1v) is 9.52. The number of aliphatic carboxylic acids is 1. The fourth-order valence-electron chi connectivity index (χ4n) is 2.36. The van der Waals surface area contributed by atoms with Crippen molar-refractivity contribution in [2.45, 2.75) is 71.1 Å². The van der Waals surface area contributed by atoms with Crippen molar-refractivity contribution >= 4 is 24.5 Å². The summed E-state index contributed by atoms with van der Waals surface area (Å²) in [4.78, 5) is 22.7. The number of rotatable bonds is 15. The Labute approximate surface area is 146 Å². The van der Waals surface area contributed by atoms with E-state index in [1.807, 2.05) is 6.08 Å². The molecule has 1 amide bonds. The van der Waals surface area contributed by atoms with Crippen LogP contribution in [0.1, 0.15) is 71.1 Å². The molecule has 2 N–H and O–H groups in total. The molecule has 0 heterocycles. The molecule has 5 heteroatoms. The van der Waals surface area contributed by atoms with Crippen LogP contribution in [0.5, 0.6) is 0 Å². The normalized spacial score (nSPS) is 12.4. The standard InChI is InChI=1S/C18H33NO3S/c1-2-3-4-5-6-7-8-9-10-11-12-16(18(21)22)15-17(20)19-13-14-23/h11-12,16,23H,2-10,13-15H2,1H3,(H,19,20)(H,21,22). The summed E-state index contributed by atoms with van der Waals surface area (Å²) in [5, 5.41) is 11.8. The van der Waals surface area contributed by atoms with Gasteiger partial charge >= 0.3 is 5.97 Å². The molecule has 0 aromatic rings. The van der Waals surface area contributed by atoms with Gasteiger partial charge in [-0.15, -0.1) is 0 Å². The van der Waals surface area contributed by atoms with Crippen molar-refractivity contribution in [2.24, 2.45) is 5.92 Å². The minimum Gasteiger partial charge on any atom is -0.481 e. The van der Waals surface area contributed by atoms with Crippen LogP contribution in [0.2, 0.25) is 0 Å². The van der Waals surface area contributed by atoms with Crippen LogP contribution in [0.25, 0.3) is 0 Å². The molecule has 0 aromatic heterocycles. The van der Waals surface area contributed by atoms with E-state index in [9.17, 15) is 9.59 Å². The smallest absolute Gasteiger partial charge is 0.310 e. The van der Waals surface area contributed by atoms with Crippen molar-refractivity contribution in [1.82, 2.24) is 5.32 Å². The van der Waals surface area contributed by atoms with E-state index < -0.39 is 11.9 Å². The number of hydrogen-bond acceptors (Lipinski definition) is 3. The summed E-state index contributed by atoms with van der Waals surface area (Å²) in [6, 6.07) is 0. The van der Waals surface area contributed by atoms with Gasteiger partial charge in [0.15, 0.2) is 0 Å². The average molecular weight is 344 g/mol. The van der Waals surface area contributed by atoms with Crippen molar-refractivity contribution in [1.29, 1.82) is 0 Å². The number of hydrogen-bond donors (Lipinski definition) is 3. The first kappa shape index (κ1) is 22.0. The summed E-state index contributed by atoms with van der Waals surface area (Å²) >= 11 is 4.00. The van der Waals surface area contributed by atoms with Crippen LogP contribution in [0, 0.1) is 5.92 Å². The van der Waals surface area contributed by atoms with Gasteiger partial charge in [-0.2, -0.15) is 12.6 Å². The van der Waals surface area contributed by atoms with E-state index in [1.165, 1.54) is 44.9 Å². The number of carbonyl (C=O) groups excluding carboxylic acids is 1. The van der Waals surface area contributed by atoms with Gasteiger partial charge in [-0.05, 0) is 12.8 Å². The number of thiol groups is 1. The number of carboxylic acid groups (broad SMARTS) is 1. The van der Waals surface area contributed by atoms with Crippen LogP contribution < -0.4 is 5.32 Å². The second-order valence-electron chi connectivity index (χ2n) is 5.91. The highest BCUT2D eigenvalue weighted by Gasteiger charge is 2.17. The second-order valence-corrected chi connectivity index (χ2v) is 6.36. The zero-order valence-electron chi connectivity index (χ0n) is 14.4. The lowest BCUT2D eigenvalue weighted by atomic mass is 10.0.